The molecule has 4 aromatic rings. The zero-order chi connectivity index (χ0) is 20.6. The SMILES string of the molecule is Cc1cc(-c2ccccc2)nc2cc(C(=O)Nc3cccc(C(F)(F)F)c3)nn12. The van der Waals surface area contributed by atoms with E-state index >= 15 is 0 Å². The van der Waals surface area contributed by atoms with Crippen LogP contribution in [0.2, 0.25) is 0 Å². The van der Waals surface area contributed by atoms with Crippen LogP contribution in [0, 0.1) is 6.92 Å². The average Bonchev–Trinajstić information content (AvgIpc) is 3.13. The van der Waals surface area contributed by atoms with Crippen molar-refractivity contribution in [3.8, 4) is 11.3 Å². The topological polar surface area (TPSA) is 59.3 Å². The largest absolute Gasteiger partial charge is 0.416 e. The number of nitrogens with zero attached hydrogens (tertiary/aromatic N) is 3. The van der Waals surface area contributed by atoms with Gasteiger partial charge in [0.25, 0.3) is 5.91 Å². The van der Waals surface area contributed by atoms with Crippen LogP contribution in [0.3, 0.4) is 0 Å². The molecule has 2 heterocycles. The monoisotopic (exact) mass is 396 g/mol. The molecule has 0 spiro atoms. The van der Waals surface area contributed by atoms with Crippen LogP contribution in [0.4, 0.5) is 18.9 Å². The van der Waals surface area contributed by atoms with Crippen LogP contribution in [0.25, 0.3) is 16.9 Å². The fraction of sp³-hybridized carbons (Fsp3) is 0.0952. The summed E-state index contributed by atoms with van der Waals surface area (Å²) in [7, 11) is 0. The number of nitrogens with one attached hydrogen (secondary N) is 1. The van der Waals surface area contributed by atoms with Crippen LogP contribution in [-0.2, 0) is 6.18 Å². The van der Waals surface area contributed by atoms with Gasteiger partial charge in [0, 0.05) is 23.0 Å². The maximum Gasteiger partial charge on any atom is 0.416 e. The highest BCUT2D eigenvalue weighted by Crippen LogP contribution is 2.30. The third-order valence-electron chi connectivity index (χ3n) is 4.36. The van der Waals surface area contributed by atoms with Gasteiger partial charge in [-0.05, 0) is 31.2 Å². The molecule has 146 valence electrons. The Hall–Kier alpha value is -3.68. The number of halogens is 3. The lowest BCUT2D eigenvalue weighted by atomic mass is 10.1. The fourth-order valence-electron chi connectivity index (χ4n) is 2.96. The first-order chi connectivity index (χ1) is 13.8. The third-order valence-corrected chi connectivity index (χ3v) is 4.36. The van der Waals surface area contributed by atoms with Gasteiger partial charge in [-0.15, -0.1) is 0 Å². The maximum atomic E-state index is 12.9. The highest BCUT2D eigenvalue weighted by Gasteiger charge is 2.30. The van der Waals surface area contributed by atoms with E-state index in [0.29, 0.717) is 5.65 Å². The highest BCUT2D eigenvalue weighted by molar-refractivity contribution is 6.03. The summed E-state index contributed by atoms with van der Waals surface area (Å²) in [6, 6.07) is 17.4. The first-order valence-electron chi connectivity index (χ1n) is 8.73. The molecule has 29 heavy (non-hydrogen) atoms. The lowest BCUT2D eigenvalue weighted by Gasteiger charge is -2.09. The first-order valence-corrected chi connectivity index (χ1v) is 8.73. The number of anilines is 1. The predicted molar refractivity (Wildman–Crippen MR) is 103 cm³/mol. The molecule has 0 radical (unpaired) electrons. The van der Waals surface area contributed by atoms with Crippen LogP contribution in [0.15, 0.2) is 66.7 Å². The molecule has 8 heteroatoms. The van der Waals surface area contributed by atoms with E-state index in [-0.39, 0.29) is 11.4 Å². The van der Waals surface area contributed by atoms with Crippen LogP contribution in [-0.4, -0.2) is 20.5 Å². The molecular weight excluding hydrogens is 381 g/mol. The van der Waals surface area contributed by atoms with Crippen LogP contribution in [0.5, 0.6) is 0 Å². The minimum atomic E-state index is -4.49. The summed E-state index contributed by atoms with van der Waals surface area (Å²) in [5.41, 5.74) is 2.16. The van der Waals surface area contributed by atoms with E-state index in [1.807, 2.05) is 43.3 Å². The van der Waals surface area contributed by atoms with Crippen molar-refractivity contribution < 1.29 is 18.0 Å². The summed E-state index contributed by atoms with van der Waals surface area (Å²) < 4.78 is 40.1. The van der Waals surface area contributed by atoms with Crippen molar-refractivity contribution >= 4 is 17.2 Å². The molecule has 2 aromatic carbocycles. The Morgan fingerprint density at radius 1 is 1.00 bits per heavy atom. The van der Waals surface area contributed by atoms with Crippen molar-refractivity contribution in [2.24, 2.45) is 0 Å². The summed E-state index contributed by atoms with van der Waals surface area (Å²) in [4.78, 5) is 17.0. The number of aromatic nitrogens is 3. The molecule has 0 unspecified atom stereocenters. The number of fused-ring (bicyclic) bond motifs is 1. The maximum absolute atomic E-state index is 12.9. The fourth-order valence-corrected chi connectivity index (χ4v) is 2.96. The number of rotatable bonds is 3. The van der Waals surface area contributed by atoms with E-state index in [1.165, 1.54) is 22.7 Å². The van der Waals surface area contributed by atoms with E-state index < -0.39 is 17.6 Å². The van der Waals surface area contributed by atoms with Gasteiger partial charge in [-0.3, -0.25) is 4.79 Å². The van der Waals surface area contributed by atoms with Gasteiger partial charge in [0.15, 0.2) is 11.3 Å². The van der Waals surface area contributed by atoms with Crippen molar-refractivity contribution in [1.29, 1.82) is 0 Å². The Balaban J connectivity index is 1.64. The van der Waals surface area contributed by atoms with Crippen LogP contribution >= 0.6 is 0 Å². The first kappa shape index (κ1) is 18.7. The van der Waals surface area contributed by atoms with Gasteiger partial charge in [0.2, 0.25) is 0 Å². The summed E-state index contributed by atoms with van der Waals surface area (Å²) >= 11 is 0. The van der Waals surface area contributed by atoms with Gasteiger partial charge in [-0.2, -0.15) is 18.3 Å². The number of carbonyl (C=O) groups excluding carboxylic acids is 1. The molecule has 0 aliphatic carbocycles. The molecule has 5 nitrogen and oxygen atoms in total. The summed E-state index contributed by atoms with van der Waals surface area (Å²) in [6.45, 7) is 1.84. The zero-order valence-corrected chi connectivity index (χ0v) is 15.2. The molecule has 0 saturated heterocycles. The summed E-state index contributed by atoms with van der Waals surface area (Å²) in [5.74, 6) is -0.615. The number of carbonyl (C=O) groups is 1. The van der Waals surface area contributed by atoms with Crippen LogP contribution < -0.4 is 5.32 Å². The summed E-state index contributed by atoms with van der Waals surface area (Å²) in [6.07, 6.45) is -4.49. The Bertz CT molecular complexity index is 1200. The number of hydrogen-bond donors (Lipinski definition) is 1. The van der Waals surface area contributed by atoms with Crippen LogP contribution in [0.1, 0.15) is 21.7 Å². The van der Waals surface area contributed by atoms with Gasteiger partial charge in [-0.1, -0.05) is 36.4 Å². The van der Waals surface area contributed by atoms with Crippen molar-refractivity contribution in [2.75, 3.05) is 5.32 Å². The summed E-state index contributed by atoms with van der Waals surface area (Å²) in [5, 5.41) is 6.69. The zero-order valence-electron chi connectivity index (χ0n) is 15.2. The Morgan fingerprint density at radius 2 is 1.76 bits per heavy atom. The van der Waals surface area contributed by atoms with Gasteiger partial charge >= 0.3 is 6.18 Å². The van der Waals surface area contributed by atoms with Gasteiger partial charge in [0.1, 0.15) is 0 Å². The average molecular weight is 396 g/mol. The molecule has 0 bridgehead atoms. The molecule has 2 aromatic heterocycles. The molecule has 0 fully saturated rings. The van der Waals surface area contributed by atoms with Crippen molar-refractivity contribution in [1.82, 2.24) is 14.6 Å². The van der Waals surface area contributed by atoms with Crippen molar-refractivity contribution in [3.05, 3.63) is 83.7 Å². The van der Waals surface area contributed by atoms with E-state index in [1.54, 1.807) is 0 Å². The number of aryl methyl sites for hydroxylation is 1. The molecule has 0 saturated carbocycles. The smallest absolute Gasteiger partial charge is 0.321 e. The quantitative estimate of drug-likeness (QED) is 0.532. The minimum Gasteiger partial charge on any atom is -0.321 e. The molecule has 1 amide bonds. The molecular formula is C21H15F3N4O. The predicted octanol–water partition coefficient (Wildman–Crippen LogP) is 4.98. The number of alkyl halides is 3. The molecule has 1 N–H and O–H groups in total. The number of benzene rings is 2. The van der Waals surface area contributed by atoms with Crippen molar-refractivity contribution in [2.45, 2.75) is 13.1 Å². The Morgan fingerprint density at radius 3 is 2.48 bits per heavy atom. The minimum absolute atomic E-state index is 0.0385. The second-order valence-electron chi connectivity index (χ2n) is 6.48. The van der Waals surface area contributed by atoms with Gasteiger partial charge < -0.3 is 5.32 Å². The van der Waals surface area contributed by atoms with E-state index in [2.05, 4.69) is 15.4 Å². The molecule has 0 aliphatic rings. The lowest BCUT2D eigenvalue weighted by Crippen LogP contribution is -2.14. The molecule has 4 rings (SSSR count). The molecule has 0 aliphatic heterocycles. The second kappa shape index (κ2) is 7.05. The van der Waals surface area contributed by atoms with E-state index in [9.17, 15) is 18.0 Å². The second-order valence-corrected chi connectivity index (χ2v) is 6.48. The number of hydrogen-bond acceptors (Lipinski definition) is 3. The lowest BCUT2D eigenvalue weighted by molar-refractivity contribution is -0.137. The number of amides is 1. The van der Waals surface area contributed by atoms with Gasteiger partial charge in [-0.25, -0.2) is 9.50 Å². The normalized spacial score (nSPS) is 11.6. The van der Waals surface area contributed by atoms with E-state index in [0.717, 1.165) is 29.1 Å². The highest BCUT2D eigenvalue weighted by atomic mass is 19.4. The third kappa shape index (κ3) is 3.82. The Kier molecular flexibility index (Phi) is 4.54. The Labute approximate surface area is 163 Å². The molecule has 0 atom stereocenters. The standard InChI is InChI=1S/C21H15F3N4O/c1-13-10-17(14-6-3-2-4-7-14)26-19-12-18(27-28(13)19)20(29)25-16-9-5-8-15(11-16)21(22,23)24/h2-12H,1H3,(H,25,29). The van der Waals surface area contributed by atoms with Crippen molar-refractivity contribution in [3.63, 3.8) is 0 Å². The van der Waals surface area contributed by atoms with Gasteiger partial charge in [0.05, 0.1) is 11.3 Å². The van der Waals surface area contributed by atoms with E-state index in [4.69, 9.17) is 0 Å².